The molecular formula is C21H27ClN4O4S2. The van der Waals surface area contributed by atoms with Gasteiger partial charge in [0.2, 0.25) is 11.8 Å². The molecule has 0 radical (unpaired) electrons. The molecule has 32 heavy (non-hydrogen) atoms. The number of carbonyl (C=O) groups is 2. The van der Waals surface area contributed by atoms with Crippen molar-refractivity contribution >= 4 is 59.1 Å². The van der Waals surface area contributed by atoms with E-state index < -0.39 is 6.04 Å². The Morgan fingerprint density at radius 1 is 0.906 bits per heavy atom. The molecule has 2 heterocycles. The van der Waals surface area contributed by atoms with Crippen molar-refractivity contribution in [2.45, 2.75) is 21.9 Å². The molecule has 4 rings (SSSR count). The Morgan fingerprint density at radius 3 is 1.91 bits per heavy atom. The topological polar surface area (TPSA) is 115 Å². The van der Waals surface area contributed by atoms with E-state index in [1.54, 1.807) is 44.8 Å². The summed E-state index contributed by atoms with van der Waals surface area (Å²) in [6.45, 7) is 0. The molecule has 0 spiro atoms. The van der Waals surface area contributed by atoms with Crippen LogP contribution in [0.25, 0.3) is 0 Å². The Bertz CT molecular complexity index is 963. The summed E-state index contributed by atoms with van der Waals surface area (Å²) in [5, 5.41) is 8.67. The summed E-state index contributed by atoms with van der Waals surface area (Å²) in [5.74, 6) is 2.51. The van der Waals surface area contributed by atoms with Crippen molar-refractivity contribution in [1.29, 1.82) is 0 Å². The lowest BCUT2D eigenvalue weighted by Gasteiger charge is -2.12. The lowest BCUT2D eigenvalue weighted by atomic mass is 10.2. The number of amides is 2. The largest absolute Gasteiger partial charge is 0.495 e. The van der Waals surface area contributed by atoms with Gasteiger partial charge in [-0.05, 0) is 31.3 Å². The molecule has 5 N–H and O–H groups in total. The monoisotopic (exact) mass is 498 g/mol. The molecule has 0 saturated carbocycles. The van der Waals surface area contributed by atoms with Crippen molar-refractivity contribution in [2.75, 3.05) is 43.4 Å². The maximum atomic E-state index is 11.8. The maximum absolute atomic E-state index is 11.8. The fourth-order valence-corrected chi connectivity index (χ4v) is 5.11. The quantitative estimate of drug-likeness (QED) is 0.510. The molecule has 2 amide bonds. The number of nitrogens with one attached hydrogen (secondary N) is 3. The zero-order valence-corrected chi connectivity index (χ0v) is 20.4. The number of methoxy groups -OCH3 is 2. The first-order chi connectivity index (χ1) is 15.0. The number of thioether (sulfide) groups is 2. The first kappa shape index (κ1) is 26.1. The second kappa shape index (κ2) is 12.2. The minimum absolute atomic E-state index is 0. The molecule has 0 aliphatic carbocycles. The van der Waals surface area contributed by atoms with Crippen molar-refractivity contribution in [2.24, 2.45) is 5.73 Å². The minimum atomic E-state index is -0.466. The van der Waals surface area contributed by atoms with Crippen LogP contribution in [-0.4, -0.2) is 56.7 Å². The number of rotatable bonds is 3. The van der Waals surface area contributed by atoms with Crippen LogP contribution >= 0.6 is 35.9 Å². The molecule has 0 saturated heterocycles. The molecule has 0 bridgehead atoms. The lowest BCUT2D eigenvalue weighted by Crippen LogP contribution is -2.39. The van der Waals surface area contributed by atoms with Gasteiger partial charge in [0.15, 0.2) is 0 Å². The highest BCUT2D eigenvalue weighted by atomic mass is 35.5. The average molecular weight is 499 g/mol. The van der Waals surface area contributed by atoms with Crippen LogP contribution in [-0.2, 0) is 9.59 Å². The van der Waals surface area contributed by atoms with Crippen LogP contribution in [0.3, 0.4) is 0 Å². The van der Waals surface area contributed by atoms with Crippen LogP contribution in [0, 0.1) is 0 Å². The normalized spacial score (nSPS) is 19.2. The smallest absolute Gasteiger partial charge is 0.242 e. The number of hydrogen-bond acceptors (Lipinski definition) is 8. The number of anilines is 2. The summed E-state index contributed by atoms with van der Waals surface area (Å²) >= 11 is 3.21. The molecule has 11 heteroatoms. The number of nitrogens with two attached hydrogens (primary N) is 1. The fourth-order valence-electron chi connectivity index (χ4n) is 2.99. The highest BCUT2D eigenvalue weighted by Gasteiger charge is 2.24. The Labute approximate surface area is 202 Å². The van der Waals surface area contributed by atoms with Crippen LogP contribution in [0.15, 0.2) is 46.2 Å². The number of likely N-dealkylation sites (N-methyl/N-ethyl adjacent to an activating group) is 1. The van der Waals surface area contributed by atoms with E-state index in [2.05, 4.69) is 16.0 Å². The van der Waals surface area contributed by atoms with Gasteiger partial charge in [0, 0.05) is 21.3 Å². The van der Waals surface area contributed by atoms with Gasteiger partial charge in [-0.25, -0.2) is 0 Å². The molecule has 2 atom stereocenters. The Morgan fingerprint density at radius 2 is 1.41 bits per heavy atom. The van der Waals surface area contributed by atoms with E-state index in [1.165, 1.54) is 0 Å². The van der Waals surface area contributed by atoms with Gasteiger partial charge in [-0.1, -0.05) is 12.1 Å². The van der Waals surface area contributed by atoms with Crippen LogP contribution < -0.4 is 31.2 Å². The number of carbonyl (C=O) groups excluding carboxylic acids is 2. The predicted molar refractivity (Wildman–Crippen MR) is 133 cm³/mol. The highest BCUT2D eigenvalue weighted by Crippen LogP contribution is 2.38. The summed E-state index contributed by atoms with van der Waals surface area (Å²) in [6.07, 6.45) is 0. The van der Waals surface area contributed by atoms with Gasteiger partial charge in [0.1, 0.15) is 11.5 Å². The molecule has 2 aromatic rings. The number of hydrogen-bond donors (Lipinski definition) is 4. The summed E-state index contributed by atoms with van der Waals surface area (Å²) in [6, 6.07) is 10.8. The first-order valence-corrected chi connectivity index (χ1v) is 11.6. The van der Waals surface area contributed by atoms with Gasteiger partial charge in [0.05, 0.1) is 37.7 Å². The molecule has 0 fully saturated rings. The second-order valence-electron chi connectivity index (χ2n) is 6.72. The van der Waals surface area contributed by atoms with Gasteiger partial charge in [-0.3, -0.25) is 9.59 Å². The standard InChI is InChI=1S/C11H14N2O2S.C10H12N2O2S.ClH/c1-12-7-6-16-9-5-3-4-8(15-2)10(9)13-11(7)14;1-14-7-3-2-4-8-9(7)12-10(13)6(11)5-15-8;/h3-5,7,12H,6H2,1-2H3,(H,13,14);2-4,6H,5,11H2,1H3,(H,12,13);1H/t7-;6-;/m00./s1. The average Bonchev–Trinajstić information content (AvgIpc) is 3.04. The van der Waals surface area contributed by atoms with E-state index >= 15 is 0 Å². The Balaban J connectivity index is 0.000000220. The van der Waals surface area contributed by atoms with E-state index in [0.717, 1.165) is 26.9 Å². The Hall–Kier alpha value is -2.11. The Kier molecular flexibility index (Phi) is 9.98. The number of halogens is 1. The molecule has 2 aliphatic rings. The molecule has 2 aromatic carbocycles. The van der Waals surface area contributed by atoms with Crippen molar-refractivity contribution in [3.8, 4) is 11.5 Å². The molecule has 0 unspecified atom stereocenters. The van der Waals surface area contributed by atoms with Gasteiger partial charge < -0.3 is 31.2 Å². The number of ether oxygens (including phenoxy) is 2. The second-order valence-corrected chi connectivity index (χ2v) is 8.84. The summed E-state index contributed by atoms with van der Waals surface area (Å²) in [7, 11) is 4.97. The summed E-state index contributed by atoms with van der Waals surface area (Å²) in [5.41, 5.74) is 7.18. The third-order valence-electron chi connectivity index (χ3n) is 4.74. The zero-order valence-electron chi connectivity index (χ0n) is 18.0. The van der Waals surface area contributed by atoms with Gasteiger partial charge in [0.25, 0.3) is 0 Å². The fraction of sp³-hybridized carbons (Fsp3) is 0.333. The first-order valence-electron chi connectivity index (χ1n) is 9.62. The van der Waals surface area contributed by atoms with Crippen LogP contribution in [0.2, 0.25) is 0 Å². The lowest BCUT2D eigenvalue weighted by molar-refractivity contribution is -0.118. The highest BCUT2D eigenvalue weighted by molar-refractivity contribution is 7.99. The summed E-state index contributed by atoms with van der Waals surface area (Å²) in [4.78, 5) is 25.4. The maximum Gasteiger partial charge on any atom is 0.242 e. The van der Waals surface area contributed by atoms with E-state index in [-0.39, 0.29) is 30.3 Å². The van der Waals surface area contributed by atoms with Crippen molar-refractivity contribution in [3.63, 3.8) is 0 Å². The SMILES string of the molecule is CN[C@H]1CSc2cccc(OC)c2NC1=O.COc1cccc2c1NC(=O)[C@@H](N)CS2.Cl. The van der Waals surface area contributed by atoms with Crippen molar-refractivity contribution in [3.05, 3.63) is 36.4 Å². The molecule has 2 aliphatic heterocycles. The minimum Gasteiger partial charge on any atom is -0.495 e. The van der Waals surface area contributed by atoms with Gasteiger partial charge in [-0.2, -0.15) is 0 Å². The van der Waals surface area contributed by atoms with Gasteiger partial charge >= 0.3 is 0 Å². The van der Waals surface area contributed by atoms with E-state index in [9.17, 15) is 9.59 Å². The zero-order chi connectivity index (χ0) is 22.4. The van der Waals surface area contributed by atoms with Crippen LogP contribution in [0.1, 0.15) is 0 Å². The van der Waals surface area contributed by atoms with Crippen LogP contribution in [0.5, 0.6) is 11.5 Å². The van der Waals surface area contributed by atoms with Crippen molar-refractivity contribution in [1.82, 2.24) is 5.32 Å². The number of fused-ring (bicyclic) bond motifs is 2. The summed E-state index contributed by atoms with van der Waals surface area (Å²) < 4.78 is 10.4. The molecule has 174 valence electrons. The van der Waals surface area contributed by atoms with E-state index in [1.807, 2.05) is 36.4 Å². The van der Waals surface area contributed by atoms with Gasteiger partial charge in [-0.15, -0.1) is 35.9 Å². The van der Waals surface area contributed by atoms with Crippen LogP contribution in [0.4, 0.5) is 11.4 Å². The van der Waals surface area contributed by atoms with E-state index in [4.69, 9.17) is 15.2 Å². The molecular weight excluding hydrogens is 472 g/mol. The molecule has 0 aromatic heterocycles. The third-order valence-corrected chi connectivity index (χ3v) is 7.07. The number of benzene rings is 2. The third kappa shape index (κ3) is 6.02. The van der Waals surface area contributed by atoms with E-state index in [0.29, 0.717) is 17.3 Å². The van der Waals surface area contributed by atoms with Crippen molar-refractivity contribution < 1.29 is 19.1 Å². The number of para-hydroxylation sites is 2. The molecule has 8 nitrogen and oxygen atoms in total. The predicted octanol–water partition coefficient (Wildman–Crippen LogP) is 2.82.